The molecule has 2 atom stereocenters. The minimum Gasteiger partial charge on any atom is -0.486 e. The fraction of sp³-hybridized carbons (Fsp3) is 0.533. The smallest absolute Gasteiger partial charge is 0.257 e. The summed E-state index contributed by atoms with van der Waals surface area (Å²) >= 11 is 0. The standard InChI is InChI=1S/C15H20N2O4/c1-10-8-17(9-11(7-16)21-10)15(18)12-3-2-4-13-14(12)20-6-5-19-13/h2-4,10-11H,5-9,16H2,1H3. The second kappa shape index (κ2) is 5.91. The molecule has 1 amide bonds. The van der Waals surface area contributed by atoms with E-state index in [2.05, 4.69) is 0 Å². The van der Waals surface area contributed by atoms with E-state index in [1.807, 2.05) is 19.1 Å². The Bertz CT molecular complexity index is 534. The molecule has 21 heavy (non-hydrogen) atoms. The molecule has 114 valence electrons. The van der Waals surface area contributed by atoms with Crippen molar-refractivity contribution in [3.63, 3.8) is 0 Å². The van der Waals surface area contributed by atoms with Gasteiger partial charge < -0.3 is 24.8 Å². The number of amides is 1. The molecule has 2 aliphatic heterocycles. The highest BCUT2D eigenvalue weighted by molar-refractivity contribution is 5.98. The van der Waals surface area contributed by atoms with Crippen LogP contribution in [0.5, 0.6) is 11.5 Å². The summed E-state index contributed by atoms with van der Waals surface area (Å²) in [7, 11) is 0. The summed E-state index contributed by atoms with van der Waals surface area (Å²) in [5.41, 5.74) is 6.21. The molecule has 6 heteroatoms. The molecule has 1 saturated heterocycles. The minimum atomic E-state index is -0.116. The molecule has 2 heterocycles. The molecular weight excluding hydrogens is 272 g/mol. The largest absolute Gasteiger partial charge is 0.486 e. The number of carbonyl (C=O) groups excluding carboxylic acids is 1. The summed E-state index contributed by atoms with van der Waals surface area (Å²) in [6, 6.07) is 5.40. The molecule has 1 aromatic carbocycles. The third-order valence-corrected chi connectivity index (χ3v) is 3.67. The van der Waals surface area contributed by atoms with Crippen LogP contribution < -0.4 is 15.2 Å². The Morgan fingerprint density at radius 1 is 1.33 bits per heavy atom. The summed E-state index contributed by atoms with van der Waals surface area (Å²) in [5.74, 6) is 1.10. The van der Waals surface area contributed by atoms with E-state index < -0.39 is 0 Å². The molecular formula is C15H20N2O4. The molecule has 1 fully saturated rings. The Morgan fingerprint density at radius 3 is 2.95 bits per heavy atom. The first-order valence-electron chi connectivity index (χ1n) is 7.22. The van der Waals surface area contributed by atoms with Crippen LogP contribution in [0.3, 0.4) is 0 Å². The molecule has 0 aliphatic carbocycles. The van der Waals surface area contributed by atoms with E-state index in [4.69, 9.17) is 19.9 Å². The molecule has 0 radical (unpaired) electrons. The first-order valence-corrected chi connectivity index (χ1v) is 7.22. The number of rotatable bonds is 2. The first kappa shape index (κ1) is 14.2. The van der Waals surface area contributed by atoms with Gasteiger partial charge in [0.2, 0.25) is 0 Å². The summed E-state index contributed by atoms with van der Waals surface area (Å²) in [6.07, 6.45) is -0.137. The number of hydrogen-bond acceptors (Lipinski definition) is 5. The van der Waals surface area contributed by atoms with Gasteiger partial charge in [-0.2, -0.15) is 0 Å². The average molecular weight is 292 g/mol. The normalized spacial score (nSPS) is 24.8. The molecule has 3 rings (SSSR count). The van der Waals surface area contributed by atoms with Crippen molar-refractivity contribution in [2.75, 3.05) is 32.8 Å². The van der Waals surface area contributed by atoms with Crippen molar-refractivity contribution in [2.24, 2.45) is 5.73 Å². The number of nitrogens with two attached hydrogens (primary N) is 1. The number of benzene rings is 1. The molecule has 2 unspecified atom stereocenters. The second-order valence-electron chi connectivity index (χ2n) is 5.34. The zero-order chi connectivity index (χ0) is 14.8. The highest BCUT2D eigenvalue weighted by atomic mass is 16.6. The highest BCUT2D eigenvalue weighted by Crippen LogP contribution is 2.34. The van der Waals surface area contributed by atoms with Crippen molar-refractivity contribution in [1.82, 2.24) is 4.90 Å². The van der Waals surface area contributed by atoms with E-state index >= 15 is 0 Å². The summed E-state index contributed by atoms with van der Waals surface area (Å²) in [4.78, 5) is 14.5. The van der Waals surface area contributed by atoms with Crippen molar-refractivity contribution in [1.29, 1.82) is 0 Å². The van der Waals surface area contributed by atoms with Gasteiger partial charge >= 0.3 is 0 Å². The van der Waals surface area contributed by atoms with E-state index in [9.17, 15) is 4.79 Å². The van der Waals surface area contributed by atoms with Gasteiger partial charge in [-0.05, 0) is 19.1 Å². The van der Waals surface area contributed by atoms with Crippen molar-refractivity contribution in [3.8, 4) is 11.5 Å². The summed E-state index contributed by atoms with van der Waals surface area (Å²) in [5, 5.41) is 0. The molecule has 0 saturated carbocycles. The van der Waals surface area contributed by atoms with Gasteiger partial charge in [-0.1, -0.05) is 6.07 Å². The van der Waals surface area contributed by atoms with Crippen molar-refractivity contribution < 1.29 is 19.0 Å². The molecule has 0 aromatic heterocycles. The van der Waals surface area contributed by atoms with Gasteiger partial charge in [-0.3, -0.25) is 4.79 Å². The van der Waals surface area contributed by atoms with Gasteiger partial charge in [-0.25, -0.2) is 0 Å². The van der Waals surface area contributed by atoms with Crippen LogP contribution in [0.4, 0.5) is 0 Å². The van der Waals surface area contributed by atoms with Crippen LogP contribution in [0.2, 0.25) is 0 Å². The van der Waals surface area contributed by atoms with E-state index in [0.29, 0.717) is 49.9 Å². The number of morpholine rings is 1. The monoisotopic (exact) mass is 292 g/mol. The lowest BCUT2D eigenvalue weighted by molar-refractivity contribution is -0.0626. The maximum absolute atomic E-state index is 12.8. The lowest BCUT2D eigenvalue weighted by atomic mass is 10.1. The molecule has 0 spiro atoms. The van der Waals surface area contributed by atoms with Crippen LogP contribution in [0.1, 0.15) is 17.3 Å². The van der Waals surface area contributed by atoms with Gasteiger partial charge in [-0.15, -0.1) is 0 Å². The van der Waals surface area contributed by atoms with Crippen LogP contribution in [0, 0.1) is 0 Å². The molecule has 2 aliphatic rings. The van der Waals surface area contributed by atoms with Gasteiger partial charge in [0, 0.05) is 19.6 Å². The Morgan fingerprint density at radius 2 is 2.14 bits per heavy atom. The molecule has 1 aromatic rings. The maximum Gasteiger partial charge on any atom is 0.257 e. The minimum absolute atomic E-state index is 0.0204. The first-order chi connectivity index (χ1) is 10.2. The molecule has 2 N–H and O–H groups in total. The van der Waals surface area contributed by atoms with Crippen molar-refractivity contribution in [3.05, 3.63) is 23.8 Å². The zero-order valence-electron chi connectivity index (χ0n) is 12.1. The molecule has 0 bridgehead atoms. The fourth-order valence-corrected chi connectivity index (χ4v) is 2.75. The van der Waals surface area contributed by atoms with Gasteiger partial charge in [0.25, 0.3) is 5.91 Å². The molecule has 6 nitrogen and oxygen atoms in total. The summed E-state index contributed by atoms with van der Waals surface area (Å²) < 4.78 is 16.8. The van der Waals surface area contributed by atoms with Gasteiger partial charge in [0.15, 0.2) is 11.5 Å². The predicted molar refractivity (Wildman–Crippen MR) is 76.7 cm³/mol. The number of fused-ring (bicyclic) bond motifs is 1. The number of para-hydroxylation sites is 1. The lowest BCUT2D eigenvalue weighted by Gasteiger charge is -2.36. The Labute approximate surface area is 123 Å². The Kier molecular flexibility index (Phi) is 3.98. The van der Waals surface area contributed by atoms with E-state index in [0.717, 1.165) is 0 Å². The summed E-state index contributed by atoms with van der Waals surface area (Å²) in [6.45, 7) is 4.38. The van der Waals surface area contributed by atoms with Crippen LogP contribution in [-0.2, 0) is 4.74 Å². The van der Waals surface area contributed by atoms with Crippen LogP contribution in [-0.4, -0.2) is 55.9 Å². The van der Waals surface area contributed by atoms with E-state index in [1.165, 1.54) is 0 Å². The third kappa shape index (κ3) is 2.82. The lowest BCUT2D eigenvalue weighted by Crippen LogP contribution is -2.51. The highest BCUT2D eigenvalue weighted by Gasteiger charge is 2.30. The fourth-order valence-electron chi connectivity index (χ4n) is 2.75. The Hall–Kier alpha value is -1.79. The Balaban J connectivity index is 1.85. The van der Waals surface area contributed by atoms with Crippen LogP contribution >= 0.6 is 0 Å². The van der Waals surface area contributed by atoms with Crippen LogP contribution in [0.15, 0.2) is 18.2 Å². The average Bonchev–Trinajstić information content (AvgIpc) is 2.53. The van der Waals surface area contributed by atoms with Crippen molar-refractivity contribution in [2.45, 2.75) is 19.1 Å². The van der Waals surface area contributed by atoms with E-state index in [1.54, 1.807) is 11.0 Å². The van der Waals surface area contributed by atoms with Gasteiger partial charge in [0.05, 0.1) is 17.8 Å². The number of nitrogens with zero attached hydrogens (tertiary/aromatic N) is 1. The SMILES string of the molecule is CC1CN(C(=O)c2cccc3c2OCCO3)CC(CN)O1. The maximum atomic E-state index is 12.8. The number of carbonyl (C=O) groups is 1. The zero-order valence-corrected chi connectivity index (χ0v) is 12.1. The topological polar surface area (TPSA) is 74.0 Å². The second-order valence-corrected chi connectivity index (χ2v) is 5.34. The third-order valence-electron chi connectivity index (χ3n) is 3.67. The van der Waals surface area contributed by atoms with Gasteiger partial charge in [0.1, 0.15) is 13.2 Å². The quantitative estimate of drug-likeness (QED) is 0.866. The number of ether oxygens (including phenoxy) is 3. The number of hydrogen-bond donors (Lipinski definition) is 1. The van der Waals surface area contributed by atoms with Crippen LogP contribution in [0.25, 0.3) is 0 Å². The van der Waals surface area contributed by atoms with E-state index in [-0.39, 0.29) is 18.1 Å². The predicted octanol–water partition coefficient (Wildman–Crippen LogP) is 0.646. The van der Waals surface area contributed by atoms with Crippen molar-refractivity contribution >= 4 is 5.91 Å².